The molecule has 0 saturated carbocycles. The Morgan fingerprint density at radius 1 is 1.09 bits per heavy atom. The largest absolute Gasteiger partial charge is 0.490 e. The fourth-order valence-electron chi connectivity index (χ4n) is 3.34. The molecule has 4 rings (SSSR count). The standard InChI is InChI=1S/C25H25N5O2S/c1-2-3-4-5-8-16-32-19-13-11-18(12-14-19)25(31)26-22-10-7-6-9-20(22)21-15-17-33-23(21)24-27-29-30-28-24/h5-15,17H,2-4,16H2,1H3,(H,26,31)(H,27,28,29,30)/b8-5+. The molecule has 0 spiro atoms. The number of hydrogen-bond donors (Lipinski definition) is 2. The number of rotatable bonds is 10. The number of nitrogens with one attached hydrogen (secondary N) is 2. The summed E-state index contributed by atoms with van der Waals surface area (Å²) in [5.74, 6) is 1.14. The van der Waals surface area contributed by atoms with Crippen molar-refractivity contribution >= 4 is 22.9 Å². The molecule has 0 unspecified atom stereocenters. The Balaban J connectivity index is 1.44. The van der Waals surface area contributed by atoms with Gasteiger partial charge in [-0.2, -0.15) is 0 Å². The summed E-state index contributed by atoms with van der Waals surface area (Å²) in [6.07, 6.45) is 7.62. The molecule has 33 heavy (non-hydrogen) atoms. The third kappa shape index (κ3) is 5.72. The van der Waals surface area contributed by atoms with Crippen LogP contribution in [0.25, 0.3) is 21.8 Å². The molecule has 4 aromatic rings. The summed E-state index contributed by atoms with van der Waals surface area (Å²) in [6, 6.07) is 16.8. The maximum Gasteiger partial charge on any atom is 0.255 e. The molecular weight excluding hydrogens is 434 g/mol. The van der Waals surface area contributed by atoms with E-state index >= 15 is 0 Å². The van der Waals surface area contributed by atoms with Crippen molar-refractivity contribution in [3.63, 3.8) is 0 Å². The molecule has 0 radical (unpaired) electrons. The quantitative estimate of drug-likeness (QED) is 0.225. The highest BCUT2D eigenvalue weighted by molar-refractivity contribution is 7.14. The lowest BCUT2D eigenvalue weighted by atomic mass is 10.0. The summed E-state index contributed by atoms with van der Waals surface area (Å²) in [5.41, 5.74) is 3.12. The fourth-order valence-corrected chi connectivity index (χ4v) is 4.18. The smallest absolute Gasteiger partial charge is 0.255 e. The van der Waals surface area contributed by atoms with Gasteiger partial charge >= 0.3 is 0 Å². The number of anilines is 1. The second-order valence-electron chi connectivity index (χ2n) is 7.36. The lowest BCUT2D eigenvalue weighted by Crippen LogP contribution is -2.12. The van der Waals surface area contributed by atoms with Crippen LogP contribution in [0, 0.1) is 0 Å². The van der Waals surface area contributed by atoms with Crippen molar-refractivity contribution in [3.8, 4) is 27.6 Å². The van der Waals surface area contributed by atoms with Crippen LogP contribution in [0.2, 0.25) is 0 Å². The molecule has 0 aliphatic carbocycles. The van der Waals surface area contributed by atoms with Crippen LogP contribution in [-0.2, 0) is 0 Å². The first-order valence-electron chi connectivity index (χ1n) is 10.9. The Morgan fingerprint density at radius 2 is 1.94 bits per heavy atom. The van der Waals surface area contributed by atoms with Crippen LogP contribution in [0.1, 0.15) is 36.5 Å². The van der Waals surface area contributed by atoms with Gasteiger partial charge in [-0.1, -0.05) is 50.1 Å². The first kappa shape index (κ1) is 22.4. The number of thiophene rings is 1. The Bertz CT molecular complexity index is 1200. The fraction of sp³-hybridized carbons (Fsp3) is 0.200. The van der Waals surface area contributed by atoms with E-state index in [1.807, 2.05) is 53.9 Å². The average molecular weight is 460 g/mol. The molecule has 0 aliphatic heterocycles. The van der Waals surface area contributed by atoms with E-state index in [4.69, 9.17) is 4.74 Å². The second-order valence-corrected chi connectivity index (χ2v) is 8.28. The number of hydrogen-bond acceptors (Lipinski definition) is 6. The molecule has 1 amide bonds. The van der Waals surface area contributed by atoms with Crippen LogP contribution < -0.4 is 10.1 Å². The normalized spacial score (nSPS) is 11.1. The number of benzene rings is 2. The highest BCUT2D eigenvalue weighted by Crippen LogP contribution is 2.38. The molecule has 0 saturated heterocycles. The zero-order valence-electron chi connectivity index (χ0n) is 18.3. The third-order valence-electron chi connectivity index (χ3n) is 5.04. The van der Waals surface area contributed by atoms with Crippen LogP contribution in [0.15, 0.2) is 72.1 Å². The van der Waals surface area contributed by atoms with Crippen molar-refractivity contribution in [1.29, 1.82) is 0 Å². The number of aromatic amines is 1. The molecule has 168 valence electrons. The molecule has 0 fully saturated rings. The molecule has 0 atom stereocenters. The first-order valence-corrected chi connectivity index (χ1v) is 11.7. The summed E-state index contributed by atoms with van der Waals surface area (Å²) in [5, 5.41) is 19.2. The molecule has 2 N–H and O–H groups in total. The number of unbranched alkanes of at least 4 members (excludes halogenated alkanes) is 2. The number of amides is 1. The van der Waals surface area contributed by atoms with Crippen LogP contribution in [0.5, 0.6) is 5.75 Å². The van der Waals surface area contributed by atoms with E-state index in [0.29, 0.717) is 23.7 Å². The zero-order chi connectivity index (χ0) is 22.9. The highest BCUT2D eigenvalue weighted by atomic mass is 32.1. The predicted octanol–water partition coefficient (Wildman–Crippen LogP) is 5.97. The number of para-hydroxylation sites is 1. The Hall–Kier alpha value is -3.78. The number of tetrazole rings is 1. The molecule has 2 heterocycles. The van der Waals surface area contributed by atoms with Gasteiger partial charge in [0, 0.05) is 22.4 Å². The van der Waals surface area contributed by atoms with E-state index in [9.17, 15) is 4.79 Å². The lowest BCUT2D eigenvalue weighted by molar-refractivity contribution is 0.102. The minimum Gasteiger partial charge on any atom is -0.490 e. The maximum atomic E-state index is 12.9. The minimum atomic E-state index is -0.188. The van der Waals surface area contributed by atoms with E-state index in [2.05, 4.69) is 38.9 Å². The SMILES string of the molecule is CCCC/C=C/COc1ccc(C(=O)Nc2ccccc2-c2ccsc2-c2nnn[nH]2)cc1. The number of nitrogens with zero attached hydrogens (tertiary/aromatic N) is 3. The zero-order valence-corrected chi connectivity index (χ0v) is 19.1. The van der Waals surface area contributed by atoms with Crippen molar-refractivity contribution in [3.05, 3.63) is 77.7 Å². The third-order valence-corrected chi connectivity index (χ3v) is 5.97. The van der Waals surface area contributed by atoms with Gasteiger partial charge in [-0.15, -0.1) is 16.4 Å². The van der Waals surface area contributed by atoms with Crippen LogP contribution >= 0.6 is 11.3 Å². The Morgan fingerprint density at radius 3 is 2.73 bits per heavy atom. The maximum absolute atomic E-state index is 12.9. The van der Waals surface area contributed by atoms with E-state index in [0.717, 1.165) is 28.2 Å². The Kier molecular flexibility index (Phi) is 7.60. The molecule has 8 heteroatoms. The summed E-state index contributed by atoms with van der Waals surface area (Å²) in [4.78, 5) is 13.8. The monoisotopic (exact) mass is 459 g/mol. The van der Waals surface area contributed by atoms with E-state index in [1.54, 1.807) is 12.1 Å². The van der Waals surface area contributed by atoms with Gasteiger partial charge in [0.15, 0.2) is 5.82 Å². The molecule has 0 aliphatic rings. The summed E-state index contributed by atoms with van der Waals surface area (Å²) in [7, 11) is 0. The number of allylic oxidation sites excluding steroid dienone is 1. The van der Waals surface area contributed by atoms with Gasteiger partial charge in [0.2, 0.25) is 0 Å². The number of ether oxygens (including phenoxy) is 1. The van der Waals surface area contributed by atoms with Crippen molar-refractivity contribution in [2.75, 3.05) is 11.9 Å². The van der Waals surface area contributed by atoms with Gasteiger partial charge in [0.25, 0.3) is 5.91 Å². The first-order chi connectivity index (χ1) is 16.3. The molecule has 2 aromatic carbocycles. The second kappa shape index (κ2) is 11.2. The van der Waals surface area contributed by atoms with E-state index < -0.39 is 0 Å². The summed E-state index contributed by atoms with van der Waals surface area (Å²) < 4.78 is 5.72. The highest BCUT2D eigenvalue weighted by Gasteiger charge is 2.16. The molecule has 0 bridgehead atoms. The van der Waals surface area contributed by atoms with Crippen molar-refractivity contribution in [1.82, 2.24) is 20.6 Å². The minimum absolute atomic E-state index is 0.188. The molecule has 7 nitrogen and oxygen atoms in total. The molecule has 2 aromatic heterocycles. The number of carbonyl (C=O) groups excluding carboxylic acids is 1. The van der Waals surface area contributed by atoms with E-state index in [1.165, 1.54) is 24.2 Å². The van der Waals surface area contributed by atoms with Crippen LogP contribution in [0.4, 0.5) is 5.69 Å². The lowest BCUT2D eigenvalue weighted by Gasteiger charge is -2.12. The number of aromatic nitrogens is 4. The summed E-state index contributed by atoms with van der Waals surface area (Å²) in [6.45, 7) is 2.70. The van der Waals surface area contributed by atoms with Gasteiger partial charge < -0.3 is 10.1 Å². The van der Waals surface area contributed by atoms with Crippen LogP contribution in [0.3, 0.4) is 0 Å². The Labute approximate surface area is 196 Å². The van der Waals surface area contributed by atoms with Crippen molar-refractivity contribution < 1.29 is 9.53 Å². The predicted molar refractivity (Wildman–Crippen MR) is 131 cm³/mol. The van der Waals surface area contributed by atoms with E-state index in [-0.39, 0.29) is 5.91 Å². The van der Waals surface area contributed by atoms with Crippen molar-refractivity contribution in [2.45, 2.75) is 26.2 Å². The van der Waals surface area contributed by atoms with Gasteiger partial charge in [-0.25, -0.2) is 5.10 Å². The summed E-state index contributed by atoms with van der Waals surface area (Å²) >= 11 is 1.53. The number of carbonyl (C=O) groups is 1. The van der Waals surface area contributed by atoms with Gasteiger partial charge in [0.05, 0.1) is 4.88 Å². The van der Waals surface area contributed by atoms with Gasteiger partial charge in [-0.3, -0.25) is 4.79 Å². The molecular formula is C25H25N5O2S. The number of H-pyrrole nitrogens is 1. The van der Waals surface area contributed by atoms with Gasteiger partial charge in [0.1, 0.15) is 12.4 Å². The topological polar surface area (TPSA) is 92.8 Å². The average Bonchev–Trinajstić information content (AvgIpc) is 3.54. The van der Waals surface area contributed by atoms with Crippen molar-refractivity contribution in [2.24, 2.45) is 0 Å². The van der Waals surface area contributed by atoms with Crippen LogP contribution in [-0.4, -0.2) is 33.1 Å². The van der Waals surface area contributed by atoms with Gasteiger partial charge in [-0.05, 0) is 58.6 Å².